The Morgan fingerprint density at radius 2 is 1.57 bits per heavy atom. The van der Waals surface area contributed by atoms with Gasteiger partial charge in [0.1, 0.15) is 0 Å². The van der Waals surface area contributed by atoms with Crippen molar-refractivity contribution in [1.29, 1.82) is 0 Å². The predicted molar refractivity (Wildman–Crippen MR) is 95.9 cm³/mol. The number of nitrogens with one attached hydrogen (secondary N) is 1. The summed E-state index contributed by atoms with van der Waals surface area (Å²) >= 11 is 6.03. The molecule has 1 N–H and O–H groups in total. The fourth-order valence-electron chi connectivity index (χ4n) is 2.78. The van der Waals surface area contributed by atoms with Crippen molar-refractivity contribution in [3.8, 4) is 11.1 Å². The van der Waals surface area contributed by atoms with Gasteiger partial charge in [0.05, 0.1) is 6.20 Å². The van der Waals surface area contributed by atoms with Crippen molar-refractivity contribution in [2.24, 2.45) is 0 Å². The standard InChI is InChI=1S/C19H20ClN3/c1-23(2)13-19(16-7-9-18(20)10-8-16)15-5-3-14(4-6-15)17-11-21-22-12-17/h3-12,19H,13H2,1-2H3,(H,21,22). The molecule has 0 bridgehead atoms. The minimum absolute atomic E-state index is 0.320. The minimum atomic E-state index is 0.320. The highest BCUT2D eigenvalue weighted by atomic mass is 35.5. The first kappa shape index (κ1) is 15.8. The number of nitrogens with zero attached hydrogens (tertiary/aromatic N) is 2. The number of H-pyrrole nitrogens is 1. The minimum Gasteiger partial charge on any atom is -0.308 e. The van der Waals surface area contributed by atoms with Gasteiger partial charge in [0.15, 0.2) is 0 Å². The topological polar surface area (TPSA) is 31.9 Å². The zero-order valence-corrected chi connectivity index (χ0v) is 14.1. The van der Waals surface area contributed by atoms with E-state index in [0.29, 0.717) is 5.92 Å². The van der Waals surface area contributed by atoms with Crippen molar-refractivity contribution in [2.45, 2.75) is 5.92 Å². The molecular weight excluding hydrogens is 306 g/mol. The molecule has 0 spiro atoms. The Labute approximate surface area is 141 Å². The first-order chi connectivity index (χ1) is 11.1. The molecule has 3 nitrogen and oxygen atoms in total. The lowest BCUT2D eigenvalue weighted by atomic mass is 9.90. The molecule has 1 unspecified atom stereocenters. The maximum absolute atomic E-state index is 6.03. The van der Waals surface area contributed by atoms with Gasteiger partial charge in [-0.25, -0.2) is 0 Å². The molecule has 0 radical (unpaired) electrons. The van der Waals surface area contributed by atoms with Crippen LogP contribution in [0.5, 0.6) is 0 Å². The van der Waals surface area contributed by atoms with Gasteiger partial charge in [-0.1, -0.05) is 48.0 Å². The predicted octanol–water partition coefficient (Wildman–Crippen LogP) is 4.42. The molecule has 1 aromatic heterocycles. The molecule has 3 aromatic rings. The third-order valence-corrected chi connectivity index (χ3v) is 4.22. The molecule has 0 fully saturated rings. The third-order valence-electron chi connectivity index (χ3n) is 3.96. The second kappa shape index (κ2) is 6.99. The summed E-state index contributed by atoms with van der Waals surface area (Å²) in [6.07, 6.45) is 3.75. The highest BCUT2D eigenvalue weighted by Crippen LogP contribution is 2.28. The highest BCUT2D eigenvalue weighted by Gasteiger charge is 2.15. The van der Waals surface area contributed by atoms with Gasteiger partial charge in [-0.2, -0.15) is 5.10 Å². The summed E-state index contributed by atoms with van der Waals surface area (Å²) in [5.41, 5.74) is 4.85. The normalized spacial score (nSPS) is 12.5. The summed E-state index contributed by atoms with van der Waals surface area (Å²) in [4.78, 5) is 2.21. The van der Waals surface area contributed by atoms with E-state index in [1.54, 1.807) is 0 Å². The Bertz CT molecular complexity index is 731. The van der Waals surface area contributed by atoms with Crippen LogP contribution in [0.25, 0.3) is 11.1 Å². The van der Waals surface area contributed by atoms with Crippen molar-refractivity contribution in [2.75, 3.05) is 20.6 Å². The van der Waals surface area contributed by atoms with E-state index >= 15 is 0 Å². The molecule has 2 aromatic carbocycles. The van der Waals surface area contributed by atoms with Crippen LogP contribution in [0.4, 0.5) is 0 Å². The molecule has 1 atom stereocenters. The second-order valence-electron chi connectivity index (χ2n) is 5.98. The molecule has 0 amide bonds. The van der Waals surface area contributed by atoms with Gasteiger partial charge in [0.25, 0.3) is 0 Å². The van der Waals surface area contributed by atoms with Crippen LogP contribution < -0.4 is 0 Å². The highest BCUT2D eigenvalue weighted by molar-refractivity contribution is 6.30. The van der Waals surface area contributed by atoms with Crippen LogP contribution >= 0.6 is 11.6 Å². The lowest BCUT2D eigenvalue weighted by molar-refractivity contribution is 0.392. The van der Waals surface area contributed by atoms with Crippen LogP contribution in [0.2, 0.25) is 5.02 Å². The summed E-state index contributed by atoms with van der Waals surface area (Å²) in [5, 5.41) is 7.63. The number of aromatic nitrogens is 2. The Hall–Kier alpha value is -2.10. The van der Waals surface area contributed by atoms with Crippen LogP contribution in [0, 0.1) is 0 Å². The molecule has 23 heavy (non-hydrogen) atoms. The van der Waals surface area contributed by atoms with Crippen molar-refractivity contribution in [1.82, 2.24) is 15.1 Å². The number of halogens is 1. The number of benzene rings is 2. The first-order valence-corrected chi connectivity index (χ1v) is 8.00. The maximum atomic E-state index is 6.03. The summed E-state index contributed by atoms with van der Waals surface area (Å²) in [5.74, 6) is 0.320. The van der Waals surface area contributed by atoms with E-state index in [1.807, 2.05) is 24.5 Å². The van der Waals surface area contributed by atoms with E-state index < -0.39 is 0 Å². The Morgan fingerprint density at radius 1 is 0.957 bits per heavy atom. The Balaban J connectivity index is 1.91. The lowest BCUT2D eigenvalue weighted by Crippen LogP contribution is -2.21. The zero-order valence-electron chi connectivity index (χ0n) is 13.3. The van der Waals surface area contributed by atoms with Crippen molar-refractivity contribution in [3.05, 3.63) is 77.1 Å². The second-order valence-corrected chi connectivity index (χ2v) is 6.41. The molecular formula is C19H20ClN3. The number of rotatable bonds is 5. The molecule has 0 saturated carbocycles. The largest absolute Gasteiger partial charge is 0.308 e. The molecule has 3 rings (SSSR count). The van der Waals surface area contributed by atoms with E-state index in [1.165, 1.54) is 16.7 Å². The van der Waals surface area contributed by atoms with Gasteiger partial charge >= 0.3 is 0 Å². The molecule has 4 heteroatoms. The van der Waals surface area contributed by atoms with Gasteiger partial charge in [-0.3, -0.25) is 5.10 Å². The van der Waals surface area contributed by atoms with Crippen LogP contribution in [-0.4, -0.2) is 35.7 Å². The van der Waals surface area contributed by atoms with E-state index in [9.17, 15) is 0 Å². The maximum Gasteiger partial charge on any atom is 0.0565 e. The molecule has 0 saturated heterocycles. The summed E-state index contributed by atoms with van der Waals surface area (Å²) in [6.45, 7) is 0.951. The van der Waals surface area contributed by atoms with Crippen molar-refractivity contribution < 1.29 is 0 Å². The summed E-state index contributed by atoms with van der Waals surface area (Å²) in [7, 11) is 4.20. The van der Waals surface area contributed by atoms with E-state index in [0.717, 1.165) is 17.1 Å². The number of hydrogen-bond acceptors (Lipinski definition) is 2. The van der Waals surface area contributed by atoms with Gasteiger partial charge < -0.3 is 4.90 Å². The summed E-state index contributed by atoms with van der Waals surface area (Å²) < 4.78 is 0. The zero-order chi connectivity index (χ0) is 16.2. The first-order valence-electron chi connectivity index (χ1n) is 7.63. The van der Waals surface area contributed by atoms with Crippen molar-refractivity contribution >= 4 is 11.6 Å². The molecule has 0 aliphatic heterocycles. The van der Waals surface area contributed by atoms with Crippen LogP contribution in [0.1, 0.15) is 17.0 Å². The molecule has 0 aliphatic carbocycles. The van der Waals surface area contributed by atoms with Crippen LogP contribution in [0.3, 0.4) is 0 Å². The number of hydrogen-bond donors (Lipinski definition) is 1. The van der Waals surface area contributed by atoms with Gasteiger partial charge in [0, 0.05) is 29.2 Å². The summed E-state index contributed by atoms with van der Waals surface area (Å²) in [6, 6.07) is 16.8. The average Bonchev–Trinajstić information content (AvgIpc) is 3.08. The molecule has 118 valence electrons. The van der Waals surface area contributed by atoms with E-state index in [-0.39, 0.29) is 0 Å². The number of likely N-dealkylation sites (N-methyl/N-ethyl adjacent to an activating group) is 1. The molecule has 0 aliphatic rings. The van der Waals surface area contributed by atoms with Gasteiger partial charge in [0.2, 0.25) is 0 Å². The average molecular weight is 326 g/mol. The van der Waals surface area contributed by atoms with Crippen molar-refractivity contribution in [3.63, 3.8) is 0 Å². The van der Waals surface area contributed by atoms with Crippen LogP contribution in [0.15, 0.2) is 60.9 Å². The van der Waals surface area contributed by atoms with E-state index in [4.69, 9.17) is 11.6 Å². The lowest BCUT2D eigenvalue weighted by Gasteiger charge is -2.22. The van der Waals surface area contributed by atoms with Gasteiger partial charge in [-0.15, -0.1) is 0 Å². The smallest absolute Gasteiger partial charge is 0.0565 e. The fourth-order valence-corrected chi connectivity index (χ4v) is 2.91. The quantitative estimate of drug-likeness (QED) is 0.753. The van der Waals surface area contributed by atoms with E-state index in [2.05, 4.69) is 65.6 Å². The van der Waals surface area contributed by atoms with Gasteiger partial charge in [-0.05, 0) is 42.9 Å². The fraction of sp³-hybridized carbons (Fsp3) is 0.211. The Morgan fingerprint density at radius 3 is 2.09 bits per heavy atom. The molecule has 1 heterocycles. The third kappa shape index (κ3) is 3.81. The Kier molecular flexibility index (Phi) is 4.79. The van der Waals surface area contributed by atoms with Crippen LogP contribution in [-0.2, 0) is 0 Å². The number of aromatic amines is 1. The monoisotopic (exact) mass is 325 g/mol. The SMILES string of the molecule is CN(C)CC(c1ccc(Cl)cc1)c1ccc(-c2cn[nH]c2)cc1.